The van der Waals surface area contributed by atoms with Crippen LogP contribution in [0.3, 0.4) is 0 Å². The summed E-state index contributed by atoms with van der Waals surface area (Å²) in [7, 11) is 0. The van der Waals surface area contributed by atoms with Gasteiger partial charge in [-0.15, -0.1) is 0 Å². The van der Waals surface area contributed by atoms with Crippen molar-refractivity contribution in [1.29, 1.82) is 0 Å². The Bertz CT molecular complexity index is 894. The summed E-state index contributed by atoms with van der Waals surface area (Å²) in [6.07, 6.45) is -0.728. The van der Waals surface area contributed by atoms with Gasteiger partial charge in [0.05, 0.1) is 6.42 Å². The highest BCUT2D eigenvalue weighted by Gasteiger charge is 2.27. The van der Waals surface area contributed by atoms with E-state index >= 15 is 0 Å². The summed E-state index contributed by atoms with van der Waals surface area (Å²) < 4.78 is 16.4. The van der Waals surface area contributed by atoms with E-state index in [0.717, 1.165) is 24.3 Å². The Morgan fingerprint density at radius 1 is 0.967 bits per heavy atom. The SMILES string of the molecule is C[C@@H](OC(=O)Cc1ccc2c(c1)OCCO2)C(=O)N1CCN(c2ccccc2)CC1. The highest BCUT2D eigenvalue weighted by Crippen LogP contribution is 2.31. The quantitative estimate of drug-likeness (QED) is 0.705. The zero-order valence-electron chi connectivity index (χ0n) is 17.1. The van der Waals surface area contributed by atoms with Gasteiger partial charge in [0.25, 0.3) is 5.91 Å². The number of hydrogen-bond acceptors (Lipinski definition) is 6. The lowest BCUT2D eigenvalue weighted by Gasteiger charge is -2.37. The molecule has 2 heterocycles. The summed E-state index contributed by atoms with van der Waals surface area (Å²) >= 11 is 0. The number of benzene rings is 2. The Kier molecular flexibility index (Phi) is 6.07. The van der Waals surface area contributed by atoms with Gasteiger partial charge in [0, 0.05) is 31.9 Å². The minimum atomic E-state index is -0.807. The van der Waals surface area contributed by atoms with Gasteiger partial charge in [0.2, 0.25) is 0 Å². The number of nitrogens with zero attached hydrogens (tertiary/aromatic N) is 2. The average Bonchev–Trinajstić information content (AvgIpc) is 2.79. The number of carbonyl (C=O) groups is 2. The molecule has 30 heavy (non-hydrogen) atoms. The van der Waals surface area contributed by atoms with Crippen molar-refractivity contribution in [2.24, 2.45) is 0 Å². The third-order valence-electron chi connectivity index (χ3n) is 5.32. The largest absolute Gasteiger partial charge is 0.486 e. The number of fused-ring (bicyclic) bond motifs is 1. The Morgan fingerprint density at radius 2 is 1.67 bits per heavy atom. The number of anilines is 1. The van der Waals surface area contributed by atoms with Gasteiger partial charge in [-0.05, 0) is 36.8 Å². The average molecular weight is 410 g/mol. The third-order valence-corrected chi connectivity index (χ3v) is 5.32. The lowest BCUT2D eigenvalue weighted by atomic mass is 10.1. The van der Waals surface area contributed by atoms with Crippen molar-refractivity contribution in [1.82, 2.24) is 4.90 Å². The highest BCUT2D eigenvalue weighted by molar-refractivity contribution is 5.84. The van der Waals surface area contributed by atoms with E-state index in [0.29, 0.717) is 37.8 Å². The van der Waals surface area contributed by atoms with E-state index in [1.165, 1.54) is 0 Å². The van der Waals surface area contributed by atoms with Crippen LogP contribution in [0.1, 0.15) is 12.5 Å². The summed E-state index contributed by atoms with van der Waals surface area (Å²) in [6, 6.07) is 15.5. The number of ether oxygens (including phenoxy) is 3. The first-order valence-electron chi connectivity index (χ1n) is 10.3. The Morgan fingerprint density at radius 3 is 2.40 bits per heavy atom. The molecule has 158 valence electrons. The fourth-order valence-electron chi connectivity index (χ4n) is 3.73. The van der Waals surface area contributed by atoms with Crippen LogP contribution in [0, 0.1) is 0 Å². The number of amides is 1. The normalized spacial score (nSPS) is 16.7. The first-order chi connectivity index (χ1) is 14.6. The fourth-order valence-corrected chi connectivity index (χ4v) is 3.73. The van der Waals surface area contributed by atoms with Crippen molar-refractivity contribution in [3.8, 4) is 11.5 Å². The first-order valence-corrected chi connectivity index (χ1v) is 10.3. The maximum atomic E-state index is 12.7. The molecule has 0 aliphatic carbocycles. The molecule has 1 saturated heterocycles. The fraction of sp³-hybridized carbons (Fsp3) is 0.391. The van der Waals surface area contributed by atoms with E-state index < -0.39 is 12.1 Å². The maximum absolute atomic E-state index is 12.7. The van der Waals surface area contributed by atoms with Crippen LogP contribution in [0.2, 0.25) is 0 Å². The summed E-state index contributed by atoms with van der Waals surface area (Å²) in [6.45, 7) is 5.38. The molecule has 0 aromatic heterocycles. The van der Waals surface area contributed by atoms with Gasteiger partial charge in [-0.25, -0.2) is 0 Å². The van der Waals surface area contributed by atoms with E-state index in [1.54, 1.807) is 24.0 Å². The molecule has 0 saturated carbocycles. The molecule has 1 amide bonds. The smallest absolute Gasteiger partial charge is 0.311 e. The molecule has 7 heteroatoms. The van der Waals surface area contributed by atoms with Crippen molar-refractivity contribution >= 4 is 17.6 Å². The molecule has 1 atom stereocenters. The Labute approximate surface area is 176 Å². The molecule has 0 unspecified atom stereocenters. The van der Waals surface area contributed by atoms with Crippen LogP contribution in [0.5, 0.6) is 11.5 Å². The predicted octanol–water partition coefficient (Wildman–Crippen LogP) is 2.28. The van der Waals surface area contributed by atoms with Crippen LogP contribution in [0.4, 0.5) is 5.69 Å². The molecule has 7 nitrogen and oxygen atoms in total. The molecular formula is C23H26N2O5. The van der Waals surface area contributed by atoms with Crippen molar-refractivity contribution in [2.75, 3.05) is 44.3 Å². The van der Waals surface area contributed by atoms with Gasteiger partial charge in [-0.1, -0.05) is 24.3 Å². The van der Waals surface area contributed by atoms with Gasteiger partial charge < -0.3 is 24.0 Å². The monoisotopic (exact) mass is 410 g/mol. The second-order valence-corrected chi connectivity index (χ2v) is 7.43. The van der Waals surface area contributed by atoms with Crippen molar-refractivity contribution < 1.29 is 23.8 Å². The number of para-hydroxylation sites is 1. The molecule has 0 spiro atoms. The van der Waals surface area contributed by atoms with Crippen molar-refractivity contribution in [2.45, 2.75) is 19.4 Å². The third kappa shape index (κ3) is 4.67. The van der Waals surface area contributed by atoms with Gasteiger partial charge in [0.15, 0.2) is 17.6 Å². The summed E-state index contributed by atoms with van der Waals surface area (Å²) in [5.74, 6) is 0.720. The van der Waals surface area contributed by atoms with Crippen LogP contribution in [-0.4, -0.2) is 62.3 Å². The molecule has 2 aromatic carbocycles. The van der Waals surface area contributed by atoms with Crippen LogP contribution in [-0.2, 0) is 20.7 Å². The van der Waals surface area contributed by atoms with E-state index in [-0.39, 0.29) is 12.3 Å². The molecule has 2 aliphatic heterocycles. The maximum Gasteiger partial charge on any atom is 0.311 e. The standard InChI is InChI=1S/C23H26N2O5/c1-17(23(27)25-11-9-24(10-12-25)19-5-3-2-4-6-19)30-22(26)16-18-7-8-20-21(15-18)29-14-13-28-20/h2-8,15,17H,9-14,16H2,1H3/t17-/m1/s1. The summed E-state index contributed by atoms with van der Waals surface area (Å²) in [5, 5.41) is 0. The van der Waals surface area contributed by atoms with Crippen LogP contribution >= 0.6 is 0 Å². The minimum Gasteiger partial charge on any atom is -0.486 e. The molecule has 0 radical (unpaired) electrons. The topological polar surface area (TPSA) is 68.3 Å². The number of rotatable bonds is 5. The van der Waals surface area contributed by atoms with Gasteiger partial charge >= 0.3 is 5.97 Å². The second kappa shape index (κ2) is 9.07. The molecule has 0 bridgehead atoms. The number of piperazine rings is 1. The number of hydrogen-bond donors (Lipinski definition) is 0. The number of carbonyl (C=O) groups excluding carboxylic acids is 2. The van der Waals surface area contributed by atoms with Gasteiger partial charge in [-0.2, -0.15) is 0 Å². The Balaban J connectivity index is 1.27. The van der Waals surface area contributed by atoms with Crippen molar-refractivity contribution in [3.05, 3.63) is 54.1 Å². The lowest BCUT2D eigenvalue weighted by Crippen LogP contribution is -2.51. The molecule has 1 fully saturated rings. The first kappa shape index (κ1) is 20.1. The van der Waals surface area contributed by atoms with Crippen LogP contribution in [0.25, 0.3) is 0 Å². The molecule has 0 N–H and O–H groups in total. The highest BCUT2D eigenvalue weighted by atomic mass is 16.6. The second-order valence-electron chi connectivity index (χ2n) is 7.43. The molecule has 2 aliphatic rings. The summed E-state index contributed by atoms with van der Waals surface area (Å²) in [4.78, 5) is 29.1. The van der Waals surface area contributed by atoms with Crippen LogP contribution < -0.4 is 14.4 Å². The molecular weight excluding hydrogens is 384 g/mol. The number of esters is 1. The Hall–Kier alpha value is -3.22. The van der Waals surface area contributed by atoms with Gasteiger partial charge in [-0.3, -0.25) is 9.59 Å². The zero-order chi connectivity index (χ0) is 20.9. The molecule has 4 rings (SSSR count). The molecule has 2 aromatic rings. The summed E-state index contributed by atoms with van der Waals surface area (Å²) in [5.41, 5.74) is 1.92. The van der Waals surface area contributed by atoms with E-state index in [1.807, 2.05) is 24.3 Å². The lowest BCUT2D eigenvalue weighted by molar-refractivity contribution is -0.158. The van der Waals surface area contributed by atoms with Gasteiger partial charge in [0.1, 0.15) is 13.2 Å². The van der Waals surface area contributed by atoms with E-state index in [9.17, 15) is 9.59 Å². The van der Waals surface area contributed by atoms with E-state index in [4.69, 9.17) is 14.2 Å². The minimum absolute atomic E-state index is 0.0794. The van der Waals surface area contributed by atoms with Crippen molar-refractivity contribution in [3.63, 3.8) is 0 Å². The predicted molar refractivity (Wildman–Crippen MR) is 112 cm³/mol. The van der Waals surface area contributed by atoms with Crippen LogP contribution in [0.15, 0.2) is 48.5 Å². The zero-order valence-corrected chi connectivity index (χ0v) is 17.1. The van der Waals surface area contributed by atoms with E-state index in [2.05, 4.69) is 17.0 Å².